The number of rotatable bonds is 18. The zero-order valence-corrected chi connectivity index (χ0v) is 28.1. The lowest BCUT2D eigenvalue weighted by Gasteiger charge is -2.27. The van der Waals surface area contributed by atoms with E-state index in [4.69, 9.17) is 14.2 Å². The van der Waals surface area contributed by atoms with Crippen LogP contribution in [-0.4, -0.2) is 103 Å². The summed E-state index contributed by atoms with van der Waals surface area (Å²) >= 11 is 0. The number of carbonyl (C=O) groups is 6. The smallest absolute Gasteiger partial charge is 0.264 e. The van der Waals surface area contributed by atoms with Crippen molar-refractivity contribution in [3.8, 4) is 11.5 Å². The van der Waals surface area contributed by atoms with Crippen molar-refractivity contribution in [2.45, 2.75) is 25.3 Å². The van der Waals surface area contributed by atoms with Gasteiger partial charge in [0.2, 0.25) is 17.7 Å². The zero-order valence-electron chi connectivity index (χ0n) is 28.1. The van der Waals surface area contributed by atoms with Gasteiger partial charge in [-0.2, -0.15) is 0 Å². The number of anilines is 2. The van der Waals surface area contributed by atoms with Crippen LogP contribution >= 0.6 is 0 Å². The van der Waals surface area contributed by atoms with E-state index in [2.05, 4.69) is 16.0 Å². The van der Waals surface area contributed by atoms with Crippen molar-refractivity contribution in [1.29, 1.82) is 0 Å². The molecule has 1 saturated heterocycles. The summed E-state index contributed by atoms with van der Waals surface area (Å²) in [4.78, 5) is 75.4. The van der Waals surface area contributed by atoms with E-state index >= 15 is 0 Å². The van der Waals surface area contributed by atoms with E-state index in [1.807, 2.05) is 0 Å². The van der Waals surface area contributed by atoms with Crippen LogP contribution in [0.25, 0.3) is 6.08 Å². The number of ether oxygens (including phenoxy) is 3. The van der Waals surface area contributed by atoms with Gasteiger partial charge in [0.1, 0.15) is 17.5 Å². The number of ketones is 1. The number of hydrogen-bond donors (Lipinski definition) is 5. The third kappa shape index (κ3) is 9.66. The second kappa shape index (κ2) is 17.8. The molecule has 0 radical (unpaired) electrons. The Kier molecular flexibility index (Phi) is 12.8. The number of hydrogen-bond acceptors (Lipinski definition) is 12. The van der Waals surface area contributed by atoms with Crippen molar-refractivity contribution in [3.05, 3.63) is 89.0 Å². The standard InChI is InChI=1S/C37H38N4O11/c42-25-9-12-31(44)27(22-25)30(43)11-6-23-4-7-24(8-5-23)39-33(46)14-16-50-18-20-52-21-19-51-17-15-38-28-3-1-2-26-34(28)37(49)41(36(26)48)29-10-13-32(45)40-35(29)47/h1-9,11-12,22,29,38,42,44H,10,13-21H2,(H,39,46)(H,40,45,47)/b11-6+. The highest BCUT2D eigenvalue weighted by Gasteiger charge is 2.45. The highest BCUT2D eigenvalue weighted by atomic mass is 16.5. The van der Waals surface area contributed by atoms with Crippen molar-refractivity contribution < 1.29 is 53.2 Å². The van der Waals surface area contributed by atoms with E-state index in [0.717, 1.165) is 4.90 Å². The predicted molar refractivity (Wildman–Crippen MR) is 187 cm³/mol. The number of imide groups is 2. The van der Waals surface area contributed by atoms with Gasteiger partial charge in [-0.1, -0.05) is 24.3 Å². The SMILES string of the molecule is O=C1CCC(N2C(=O)c3cccc(NCCOCCOCCOCCC(=O)Nc4ccc(/C=C/C(=O)c5cc(O)ccc5O)cc4)c3C2=O)C(=O)N1. The molecular weight excluding hydrogens is 676 g/mol. The fraction of sp³-hybridized carbons (Fsp3) is 0.297. The molecule has 3 aromatic rings. The Hall–Kier alpha value is -5.90. The van der Waals surface area contributed by atoms with Crippen molar-refractivity contribution in [1.82, 2.24) is 10.2 Å². The summed E-state index contributed by atoms with van der Waals surface area (Å²) in [5.41, 5.74) is 2.08. The van der Waals surface area contributed by atoms with Crippen molar-refractivity contribution in [3.63, 3.8) is 0 Å². The molecule has 1 fully saturated rings. The number of benzene rings is 3. The predicted octanol–water partition coefficient (Wildman–Crippen LogP) is 2.89. The van der Waals surface area contributed by atoms with Crippen LogP contribution in [0.1, 0.15) is 55.9 Å². The first-order valence-corrected chi connectivity index (χ1v) is 16.6. The minimum atomic E-state index is -1.03. The van der Waals surface area contributed by atoms with Crippen molar-refractivity contribution >= 4 is 52.8 Å². The van der Waals surface area contributed by atoms with Crippen LogP contribution in [0.3, 0.4) is 0 Å². The van der Waals surface area contributed by atoms with Crippen LogP contribution in [0, 0.1) is 0 Å². The van der Waals surface area contributed by atoms with Gasteiger partial charge in [0.15, 0.2) is 5.78 Å². The first-order valence-electron chi connectivity index (χ1n) is 16.6. The maximum absolute atomic E-state index is 13.2. The molecule has 1 unspecified atom stereocenters. The van der Waals surface area contributed by atoms with Crippen LogP contribution in [0.2, 0.25) is 0 Å². The van der Waals surface area contributed by atoms with Gasteiger partial charge < -0.3 is 35.1 Å². The number of amides is 5. The van der Waals surface area contributed by atoms with Crippen molar-refractivity contribution in [2.75, 3.05) is 56.8 Å². The Bertz CT molecular complexity index is 1860. The molecule has 0 saturated carbocycles. The van der Waals surface area contributed by atoms with Gasteiger partial charge in [0.25, 0.3) is 11.8 Å². The average Bonchev–Trinajstić information content (AvgIpc) is 3.38. The number of piperidine rings is 1. The lowest BCUT2D eigenvalue weighted by molar-refractivity contribution is -0.136. The minimum Gasteiger partial charge on any atom is -0.508 e. The van der Waals surface area contributed by atoms with E-state index in [0.29, 0.717) is 49.9 Å². The summed E-state index contributed by atoms with van der Waals surface area (Å²) in [7, 11) is 0. The van der Waals surface area contributed by atoms with Gasteiger partial charge in [-0.15, -0.1) is 0 Å². The highest BCUT2D eigenvalue weighted by Crippen LogP contribution is 2.32. The topological polar surface area (TPSA) is 210 Å². The lowest BCUT2D eigenvalue weighted by atomic mass is 10.0. The maximum Gasteiger partial charge on any atom is 0.264 e. The summed E-state index contributed by atoms with van der Waals surface area (Å²) in [6.07, 6.45) is 3.11. The molecular formula is C37H38N4O11. The van der Waals surface area contributed by atoms with Gasteiger partial charge in [-0.25, -0.2) is 0 Å². The number of nitrogens with zero attached hydrogens (tertiary/aromatic N) is 1. The van der Waals surface area contributed by atoms with Crippen molar-refractivity contribution in [2.24, 2.45) is 0 Å². The highest BCUT2D eigenvalue weighted by molar-refractivity contribution is 6.25. The third-order valence-electron chi connectivity index (χ3n) is 8.11. The fourth-order valence-electron chi connectivity index (χ4n) is 5.51. The largest absolute Gasteiger partial charge is 0.508 e. The van der Waals surface area contributed by atoms with E-state index in [1.54, 1.807) is 42.5 Å². The first-order chi connectivity index (χ1) is 25.1. The van der Waals surface area contributed by atoms with Gasteiger partial charge in [0.05, 0.1) is 62.8 Å². The molecule has 0 bridgehead atoms. The number of fused-ring (bicyclic) bond motifs is 1. The summed E-state index contributed by atoms with van der Waals surface area (Å²) < 4.78 is 16.5. The van der Waals surface area contributed by atoms with Crippen LogP contribution in [0.15, 0.2) is 66.7 Å². The van der Waals surface area contributed by atoms with Gasteiger partial charge in [-0.05, 0) is 60.5 Å². The Morgan fingerprint density at radius 1 is 0.865 bits per heavy atom. The number of phenols is 2. The first kappa shape index (κ1) is 37.4. The van der Waals surface area contributed by atoms with Crippen LogP contribution in [-0.2, 0) is 28.6 Å². The molecule has 5 rings (SSSR count). The van der Waals surface area contributed by atoms with E-state index < -0.39 is 35.5 Å². The second-order valence-electron chi connectivity index (χ2n) is 11.8. The maximum atomic E-state index is 13.2. The molecule has 15 nitrogen and oxygen atoms in total. The average molecular weight is 715 g/mol. The molecule has 2 aliphatic rings. The Morgan fingerprint density at radius 2 is 1.58 bits per heavy atom. The molecule has 15 heteroatoms. The Labute approximate surface area is 298 Å². The molecule has 3 aromatic carbocycles. The molecule has 5 N–H and O–H groups in total. The minimum absolute atomic E-state index is 0.0119. The third-order valence-corrected chi connectivity index (χ3v) is 8.11. The molecule has 2 aliphatic heterocycles. The summed E-state index contributed by atoms with van der Waals surface area (Å²) in [5, 5.41) is 27.4. The molecule has 0 aromatic heterocycles. The Balaban J connectivity index is 0.901. The quantitative estimate of drug-likeness (QED) is 0.0424. The van der Waals surface area contributed by atoms with Gasteiger partial charge in [0, 0.05) is 24.3 Å². The number of phenolic OH excluding ortho intramolecular Hbond substituents is 2. The van der Waals surface area contributed by atoms with Gasteiger partial charge in [-0.3, -0.25) is 39.0 Å². The summed E-state index contributed by atoms with van der Waals surface area (Å²) in [5.74, 6) is -3.31. The summed E-state index contributed by atoms with van der Waals surface area (Å²) in [6.45, 7) is 2.06. The Morgan fingerprint density at radius 3 is 2.31 bits per heavy atom. The lowest BCUT2D eigenvalue weighted by Crippen LogP contribution is -2.54. The van der Waals surface area contributed by atoms with E-state index in [1.165, 1.54) is 30.3 Å². The second-order valence-corrected chi connectivity index (χ2v) is 11.8. The normalized spacial score (nSPS) is 15.5. The molecule has 1 atom stereocenters. The van der Waals surface area contributed by atoms with E-state index in [-0.39, 0.29) is 66.6 Å². The van der Waals surface area contributed by atoms with Crippen LogP contribution in [0.4, 0.5) is 11.4 Å². The monoisotopic (exact) mass is 714 g/mol. The van der Waals surface area contributed by atoms with Crippen LogP contribution in [0.5, 0.6) is 11.5 Å². The molecule has 0 aliphatic carbocycles. The fourth-order valence-corrected chi connectivity index (χ4v) is 5.51. The molecule has 2 heterocycles. The zero-order chi connectivity index (χ0) is 37.0. The number of nitrogens with one attached hydrogen (secondary N) is 3. The molecule has 0 spiro atoms. The molecule has 52 heavy (non-hydrogen) atoms. The van der Waals surface area contributed by atoms with E-state index in [9.17, 15) is 39.0 Å². The van der Waals surface area contributed by atoms with Gasteiger partial charge >= 0.3 is 0 Å². The number of allylic oxidation sites excluding steroid dienone is 1. The van der Waals surface area contributed by atoms with Crippen LogP contribution < -0.4 is 16.0 Å². The number of aromatic hydroxyl groups is 2. The summed E-state index contributed by atoms with van der Waals surface area (Å²) in [6, 6.07) is 14.3. The number of carbonyl (C=O) groups excluding carboxylic acids is 6. The molecule has 272 valence electrons. The molecule has 5 amide bonds.